The van der Waals surface area contributed by atoms with Gasteiger partial charge in [0.2, 0.25) is 10.0 Å². The van der Waals surface area contributed by atoms with Gasteiger partial charge in [-0.3, -0.25) is 4.79 Å². The zero-order valence-corrected chi connectivity index (χ0v) is 18.4. The number of aryl methyl sites for hydroxylation is 1. The largest absolute Gasteiger partial charge is 0.496 e. The van der Waals surface area contributed by atoms with Crippen LogP contribution in [0.4, 0.5) is 0 Å². The van der Waals surface area contributed by atoms with Crippen LogP contribution in [0.15, 0.2) is 41.3 Å². The number of carbonyl (C=O) groups is 1. The number of rotatable bonds is 6. The summed E-state index contributed by atoms with van der Waals surface area (Å²) in [6.07, 6.45) is 0. The van der Waals surface area contributed by atoms with Crippen LogP contribution in [-0.2, 0) is 10.0 Å². The highest BCUT2D eigenvalue weighted by atomic mass is 32.2. The molecule has 1 aliphatic rings. The number of sulfonamides is 1. The molecule has 162 valence electrons. The minimum atomic E-state index is -3.72. The molecule has 2 aromatic carbocycles. The Morgan fingerprint density at radius 3 is 2.03 bits per heavy atom. The smallest absolute Gasteiger partial charge is 0.257 e. The molecule has 0 radical (unpaired) electrons. The number of amides is 1. The number of carbonyl (C=O) groups excluding carboxylic acids is 1. The van der Waals surface area contributed by atoms with Crippen LogP contribution in [0.2, 0.25) is 0 Å². The average molecular weight is 435 g/mol. The second kappa shape index (κ2) is 8.93. The van der Waals surface area contributed by atoms with Gasteiger partial charge in [-0.15, -0.1) is 0 Å². The molecule has 1 saturated heterocycles. The van der Waals surface area contributed by atoms with Crippen LogP contribution in [0.25, 0.3) is 0 Å². The summed E-state index contributed by atoms with van der Waals surface area (Å²) in [5.41, 5.74) is 1.43. The lowest BCUT2D eigenvalue weighted by atomic mass is 10.1. The van der Waals surface area contributed by atoms with Crippen LogP contribution in [0, 0.1) is 6.92 Å². The normalized spacial score (nSPS) is 15.0. The van der Waals surface area contributed by atoms with E-state index >= 15 is 0 Å². The molecule has 0 bridgehead atoms. The van der Waals surface area contributed by atoms with E-state index in [0.29, 0.717) is 35.9 Å². The fourth-order valence-corrected chi connectivity index (χ4v) is 4.86. The van der Waals surface area contributed by atoms with Gasteiger partial charge in [-0.1, -0.05) is 11.6 Å². The van der Waals surface area contributed by atoms with E-state index in [1.807, 2.05) is 13.0 Å². The van der Waals surface area contributed by atoms with Crippen LogP contribution in [0.1, 0.15) is 15.9 Å². The lowest BCUT2D eigenvalue weighted by molar-refractivity contribution is 0.0694. The number of hydrogen-bond acceptors (Lipinski definition) is 6. The Hall–Kier alpha value is -2.78. The number of hydrogen-bond donors (Lipinski definition) is 0. The van der Waals surface area contributed by atoms with Crippen molar-refractivity contribution in [2.45, 2.75) is 11.8 Å². The fraction of sp³-hybridized carbons (Fsp3) is 0.381. The second-order valence-corrected chi connectivity index (χ2v) is 8.85. The molecule has 0 atom stereocenters. The molecule has 0 aliphatic carbocycles. The first-order chi connectivity index (χ1) is 14.3. The third kappa shape index (κ3) is 4.22. The van der Waals surface area contributed by atoms with Crippen molar-refractivity contribution in [2.75, 3.05) is 47.5 Å². The maximum Gasteiger partial charge on any atom is 0.257 e. The van der Waals surface area contributed by atoms with Crippen LogP contribution in [-0.4, -0.2) is 71.0 Å². The SMILES string of the molecule is COc1ccc(S(=O)(=O)N2CCN(C(=O)c3cc(C)ccc3OC)CC2)cc1OC. The Bertz CT molecular complexity index is 1030. The Morgan fingerprint density at radius 1 is 0.833 bits per heavy atom. The number of ether oxygens (including phenoxy) is 3. The molecule has 1 fully saturated rings. The average Bonchev–Trinajstić information content (AvgIpc) is 2.78. The third-order valence-corrected chi connectivity index (χ3v) is 7.00. The van der Waals surface area contributed by atoms with E-state index in [1.165, 1.54) is 37.8 Å². The number of nitrogens with zero attached hydrogens (tertiary/aromatic N) is 2. The van der Waals surface area contributed by atoms with Gasteiger partial charge in [0.25, 0.3) is 5.91 Å². The molecule has 0 saturated carbocycles. The molecule has 1 heterocycles. The summed E-state index contributed by atoms with van der Waals surface area (Å²) in [4.78, 5) is 14.7. The summed E-state index contributed by atoms with van der Waals surface area (Å²) in [7, 11) is 0.753. The second-order valence-electron chi connectivity index (χ2n) is 6.92. The molecule has 0 unspecified atom stereocenters. The fourth-order valence-electron chi connectivity index (χ4n) is 3.42. The number of benzene rings is 2. The molecule has 1 aliphatic heterocycles. The number of piperazine rings is 1. The molecule has 30 heavy (non-hydrogen) atoms. The van der Waals surface area contributed by atoms with Gasteiger partial charge < -0.3 is 19.1 Å². The molecule has 0 spiro atoms. The summed E-state index contributed by atoms with van der Waals surface area (Å²) >= 11 is 0. The Kier molecular flexibility index (Phi) is 6.52. The van der Waals surface area contributed by atoms with E-state index in [0.717, 1.165) is 5.56 Å². The Balaban J connectivity index is 1.75. The van der Waals surface area contributed by atoms with Crippen LogP contribution < -0.4 is 14.2 Å². The van der Waals surface area contributed by atoms with Crippen molar-refractivity contribution in [1.82, 2.24) is 9.21 Å². The number of methoxy groups -OCH3 is 3. The van der Waals surface area contributed by atoms with Crippen LogP contribution in [0.5, 0.6) is 17.2 Å². The zero-order valence-electron chi connectivity index (χ0n) is 17.5. The third-order valence-electron chi connectivity index (χ3n) is 5.10. The molecule has 0 N–H and O–H groups in total. The molecule has 3 rings (SSSR count). The van der Waals surface area contributed by atoms with Gasteiger partial charge >= 0.3 is 0 Å². The van der Waals surface area contributed by atoms with Crippen molar-refractivity contribution in [3.8, 4) is 17.2 Å². The van der Waals surface area contributed by atoms with Crippen molar-refractivity contribution in [2.24, 2.45) is 0 Å². The maximum atomic E-state index is 13.1. The van der Waals surface area contributed by atoms with E-state index in [4.69, 9.17) is 14.2 Å². The van der Waals surface area contributed by atoms with Gasteiger partial charge in [-0.2, -0.15) is 4.31 Å². The summed E-state index contributed by atoms with van der Waals surface area (Å²) in [5, 5.41) is 0. The highest BCUT2D eigenvalue weighted by Crippen LogP contribution is 2.31. The van der Waals surface area contributed by atoms with Gasteiger partial charge in [0, 0.05) is 32.2 Å². The van der Waals surface area contributed by atoms with Crippen molar-refractivity contribution < 1.29 is 27.4 Å². The summed E-state index contributed by atoms with van der Waals surface area (Å²) in [5.74, 6) is 1.14. The monoisotopic (exact) mass is 434 g/mol. The van der Waals surface area contributed by atoms with E-state index < -0.39 is 10.0 Å². The lowest BCUT2D eigenvalue weighted by Crippen LogP contribution is -2.50. The lowest BCUT2D eigenvalue weighted by Gasteiger charge is -2.34. The summed E-state index contributed by atoms with van der Waals surface area (Å²) < 4.78 is 43.2. The molecule has 8 nitrogen and oxygen atoms in total. The molecule has 9 heteroatoms. The minimum Gasteiger partial charge on any atom is -0.496 e. The first kappa shape index (κ1) is 21.9. The van der Waals surface area contributed by atoms with Crippen LogP contribution >= 0.6 is 0 Å². The first-order valence-electron chi connectivity index (χ1n) is 9.48. The van der Waals surface area contributed by atoms with Gasteiger partial charge in [-0.05, 0) is 31.2 Å². The molecular weight excluding hydrogens is 408 g/mol. The predicted octanol–water partition coefficient (Wildman–Crippen LogP) is 2.17. The van der Waals surface area contributed by atoms with Gasteiger partial charge in [0.05, 0.1) is 31.8 Å². The summed E-state index contributed by atoms with van der Waals surface area (Å²) in [6, 6.07) is 9.93. The Labute approximate surface area is 177 Å². The van der Waals surface area contributed by atoms with E-state index in [9.17, 15) is 13.2 Å². The standard InChI is InChI=1S/C21H26N2O6S/c1-15-5-7-18(27-2)17(13-15)21(24)22-9-11-23(12-10-22)30(25,26)16-6-8-19(28-3)20(14-16)29-4/h5-8,13-14H,9-12H2,1-4H3. The van der Waals surface area contributed by atoms with Crippen molar-refractivity contribution >= 4 is 15.9 Å². The van der Waals surface area contributed by atoms with E-state index in [-0.39, 0.29) is 23.9 Å². The van der Waals surface area contributed by atoms with Crippen molar-refractivity contribution in [1.29, 1.82) is 0 Å². The quantitative estimate of drug-likeness (QED) is 0.693. The van der Waals surface area contributed by atoms with Crippen molar-refractivity contribution in [3.63, 3.8) is 0 Å². The van der Waals surface area contributed by atoms with Gasteiger partial charge in [-0.25, -0.2) is 8.42 Å². The Morgan fingerprint density at radius 2 is 1.43 bits per heavy atom. The minimum absolute atomic E-state index is 0.125. The highest BCUT2D eigenvalue weighted by Gasteiger charge is 2.31. The van der Waals surface area contributed by atoms with Crippen molar-refractivity contribution in [3.05, 3.63) is 47.5 Å². The zero-order chi connectivity index (χ0) is 21.9. The van der Waals surface area contributed by atoms with E-state index in [2.05, 4.69) is 0 Å². The highest BCUT2D eigenvalue weighted by molar-refractivity contribution is 7.89. The molecular formula is C21H26N2O6S. The predicted molar refractivity (Wildman–Crippen MR) is 112 cm³/mol. The molecule has 2 aromatic rings. The topological polar surface area (TPSA) is 85.4 Å². The molecule has 0 aromatic heterocycles. The summed E-state index contributed by atoms with van der Waals surface area (Å²) in [6.45, 7) is 2.90. The van der Waals surface area contributed by atoms with E-state index in [1.54, 1.807) is 23.1 Å². The first-order valence-corrected chi connectivity index (χ1v) is 10.9. The molecule has 1 amide bonds. The van der Waals surface area contributed by atoms with Gasteiger partial charge in [0.15, 0.2) is 11.5 Å². The van der Waals surface area contributed by atoms with Crippen LogP contribution in [0.3, 0.4) is 0 Å². The van der Waals surface area contributed by atoms with Gasteiger partial charge in [0.1, 0.15) is 5.75 Å². The maximum absolute atomic E-state index is 13.1.